The van der Waals surface area contributed by atoms with Crippen LogP contribution >= 0.6 is 11.3 Å². The van der Waals surface area contributed by atoms with Crippen molar-refractivity contribution in [1.82, 2.24) is 10.3 Å². The Bertz CT molecular complexity index is 358. The zero-order valence-electron chi connectivity index (χ0n) is 11.8. The molecule has 0 atom stereocenters. The number of thiazole rings is 1. The van der Waals surface area contributed by atoms with E-state index in [2.05, 4.69) is 36.4 Å². The second kappa shape index (κ2) is 6.53. The van der Waals surface area contributed by atoms with Crippen LogP contribution < -0.4 is 10.2 Å². The summed E-state index contributed by atoms with van der Waals surface area (Å²) in [6, 6.07) is 1.29. The molecule has 1 aromatic heterocycles. The molecule has 1 aliphatic rings. The van der Waals surface area contributed by atoms with Crippen molar-refractivity contribution < 1.29 is 0 Å². The Balaban J connectivity index is 1.93. The molecular formula is C14H25N3S. The van der Waals surface area contributed by atoms with E-state index in [1.54, 1.807) is 11.3 Å². The quantitative estimate of drug-likeness (QED) is 0.782. The van der Waals surface area contributed by atoms with Crippen LogP contribution in [0.3, 0.4) is 0 Å². The summed E-state index contributed by atoms with van der Waals surface area (Å²) in [4.78, 5) is 7.30. The van der Waals surface area contributed by atoms with Crippen LogP contribution in [0.1, 0.15) is 52.1 Å². The second-order valence-corrected chi connectivity index (χ2v) is 6.27. The Hall–Kier alpha value is -0.610. The number of anilines is 1. The summed E-state index contributed by atoms with van der Waals surface area (Å²) in [5.74, 6) is 0. The number of hydrogen-bond acceptors (Lipinski definition) is 4. The molecule has 1 fully saturated rings. The van der Waals surface area contributed by atoms with Crippen molar-refractivity contribution in [1.29, 1.82) is 0 Å². The van der Waals surface area contributed by atoms with Gasteiger partial charge >= 0.3 is 0 Å². The van der Waals surface area contributed by atoms with Gasteiger partial charge in [-0.2, -0.15) is 0 Å². The van der Waals surface area contributed by atoms with E-state index in [1.165, 1.54) is 43.1 Å². The Morgan fingerprint density at radius 2 is 2.28 bits per heavy atom. The molecule has 1 saturated carbocycles. The molecule has 0 spiro atoms. The highest BCUT2D eigenvalue weighted by atomic mass is 32.1. The van der Waals surface area contributed by atoms with E-state index in [4.69, 9.17) is 4.98 Å². The molecule has 0 radical (unpaired) electrons. The summed E-state index contributed by atoms with van der Waals surface area (Å²) in [6.45, 7) is 8.66. The highest BCUT2D eigenvalue weighted by Crippen LogP contribution is 2.33. The van der Waals surface area contributed by atoms with E-state index < -0.39 is 0 Å². The van der Waals surface area contributed by atoms with Gasteiger partial charge in [-0.15, -0.1) is 11.3 Å². The van der Waals surface area contributed by atoms with E-state index >= 15 is 0 Å². The van der Waals surface area contributed by atoms with Crippen molar-refractivity contribution in [3.63, 3.8) is 0 Å². The van der Waals surface area contributed by atoms with Crippen molar-refractivity contribution >= 4 is 16.5 Å². The first kappa shape index (κ1) is 13.8. The van der Waals surface area contributed by atoms with Gasteiger partial charge in [0.1, 0.15) is 0 Å². The van der Waals surface area contributed by atoms with Crippen LogP contribution in [0.2, 0.25) is 0 Å². The maximum absolute atomic E-state index is 4.78. The highest BCUT2D eigenvalue weighted by molar-refractivity contribution is 7.13. The number of unbranched alkanes of at least 4 members (excludes halogenated alkanes) is 1. The minimum atomic E-state index is 0.523. The van der Waals surface area contributed by atoms with Crippen molar-refractivity contribution in [2.24, 2.45) is 0 Å². The van der Waals surface area contributed by atoms with Crippen molar-refractivity contribution in [2.45, 2.75) is 65.1 Å². The topological polar surface area (TPSA) is 28.2 Å². The average molecular weight is 267 g/mol. The maximum Gasteiger partial charge on any atom is 0.185 e. The Kier molecular flexibility index (Phi) is 5.01. The van der Waals surface area contributed by atoms with Crippen LogP contribution in [0.15, 0.2) is 5.38 Å². The van der Waals surface area contributed by atoms with Gasteiger partial charge in [-0.3, -0.25) is 0 Å². The first-order valence-electron chi connectivity index (χ1n) is 7.15. The van der Waals surface area contributed by atoms with Crippen molar-refractivity contribution in [3.8, 4) is 0 Å². The number of nitrogens with one attached hydrogen (secondary N) is 1. The molecule has 1 heterocycles. The fourth-order valence-corrected chi connectivity index (χ4v) is 2.89. The predicted octanol–water partition coefficient (Wildman–Crippen LogP) is 3.41. The minimum Gasteiger partial charge on any atom is -0.345 e. The van der Waals surface area contributed by atoms with Gasteiger partial charge in [0.25, 0.3) is 0 Å². The smallest absolute Gasteiger partial charge is 0.185 e. The van der Waals surface area contributed by atoms with Gasteiger partial charge in [0, 0.05) is 30.6 Å². The summed E-state index contributed by atoms with van der Waals surface area (Å²) in [5.41, 5.74) is 1.19. The lowest BCUT2D eigenvalue weighted by atomic mass is 10.3. The van der Waals surface area contributed by atoms with Gasteiger partial charge in [0.2, 0.25) is 0 Å². The predicted molar refractivity (Wildman–Crippen MR) is 79.4 cm³/mol. The molecule has 0 amide bonds. The number of hydrogen-bond donors (Lipinski definition) is 1. The lowest BCUT2D eigenvalue weighted by molar-refractivity contribution is 0.582. The molecule has 0 unspecified atom stereocenters. The van der Waals surface area contributed by atoms with Gasteiger partial charge in [-0.1, -0.05) is 27.2 Å². The number of nitrogens with zero attached hydrogens (tertiary/aromatic N) is 2. The molecule has 0 bridgehead atoms. The molecule has 3 nitrogen and oxygen atoms in total. The second-order valence-electron chi connectivity index (χ2n) is 5.44. The van der Waals surface area contributed by atoms with E-state index in [1.807, 2.05) is 0 Å². The summed E-state index contributed by atoms with van der Waals surface area (Å²) in [7, 11) is 0. The van der Waals surface area contributed by atoms with Gasteiger partial charge in [0.15, 0.2) is 5.13 Å². The fourth-order valence-electron chi connectivity index (χ4n) is 1.97. The largest absolute Gasteiger partial charge is 0.345 e. The van der Waals surface area contributed by atoms with Gasteiger partial charge in [-0.05, 0) is 19.3 Å². The Morgan fingerprint density at radius 3 is 2.89 bits per heavy atom. The third-order valence-electron chi connectivity index (χ3n) is 3.22. The van der Waals surface area contributed by atoms with Gasteiger partial charge in [-0.25, -0.2) is 4.98 Å². The zero-order chi connectivity index (χ0) is 13.0. The van der Waals surface area contributed by atoms with Crippen LogP contribution in [-0.4, -0.2) is 23.6 Å². The van der Waals surface area contributed by atoms with Gasteiger partial charge in [0.05, 0.1) is 5.69 Å². The van der Waals surface area contributed by atoms with E-state index in [0.717, 1.165) is 12.6 Å². The average Bonchev–Trinajstić information content (AvgIpc) is 3.06. The number of rotatable bonds is 8. The summed E-state index contributed by atoms with van der Waals surface area (Å²) >= 11 is 1.80. The van der Waals surface area contributed by atoms with E-state index in [-0.39, 0.29) is 0 Å². The highest BCUT2D eigenvalue weighted by Gasteiger charge is 2.30. The molecule has 102 valence electrons. The SMILES string of the molecule is CCCCN(c1nc(CNC(C)C)cs1)C1CC1. The van der Waals surface area contributed by atoms with Crippen molar-refractivity contribution in [2.75, 3.05) is 11.4 Å². The monoisotopic (exact) mass is 267 g/mol. The maximum atomic E-state index is 4.78. The standard InChI is InChI=1S/C14H25N3S/c1-4-5-8-17(13-6-7-13)14-16-12(10-18-14)9-15-11(2)3/h10-11,13,15H,4-9H2,1-3H3. The summed E-state index contributed by atoms with van der Waals surface area (Å²) in [6.07, 6.45) is 5.23. The zero-order valence-corrected chi connectivity index (χ0v) is 12.6. The third kappa shape index (κ3) is 3.95. The minimum absolute atomic E-state index is 0.523. The Labute approximate surface area is 115 Å². The van der Waals surface area contributed by atoms with Crippen LogP contribution in [-0.2, 0) is 6.54 Å². The fraction of sp³-hybridized carbons (Fsp3) is 0.786. The first-order valence-corrected chi connectivity index (χ1v) is 8.03. The lowest BCUT2D eigenvalue weighted by Crippen LogP contribution is -2.27. The molecule has 1 aromatic rings. The Morgan fingerprint density at radius 1 is 1.50 bits per heavy atom. The molecule has 4 heteroatoms. The molecule has 0 aromatic carbocycles. The summed E-state index contributed by atoms with van der Waals surface area (Å²) < 4.78 is 0. The number of aromatic nitrogens is 1. The van der Waals surface area contributed by atoms with Crippen LogP contribution in [0.25, 0.3) is 0 Å². The lowest BCUT2D eigenvalue weighted by Gasteiger charge is -2.20. The molecular weight excluding hydrogens is 242 g/mol. The van der Waals surface area contributed by atoms with Gasteiger partial charge < -0.3 is 10.2 Å². The van der Waals surface area contributed by atoms with Crippen LogP contribution in [0.4, 0.5) is 5.13 Å². The molecule has 18 heavy (non-hydrogen) atoms. The molecule has 1 aliphatic carbocycles. The third-order valence-corrected chi connectivity index (χ3v) is 4.14. The summed E-state index contributed by atoms with van der Waals surface area (Å²) in [5, 5.41) is 6.86. The normalized spacial score (nSPS) is 15.3. The van der Waals surface area contributed by atoms with E-state index in [9.17, 15) is 0 Å². The van der Waals surface area contributed by atoms with E-state index in [0.29, 0.717) is 6.04 Å². The van der Waals surface area contributed by atoms with Crippen molar-refractivity contribution in [3.05, 3.63) is 11.1 Å². The molecule has 0 saturated heterocycles. The first-order chi connectivity index (χ1) is 8.70. The van der Waals surface area contributed by atoms with Crippen LogP contribution in [0, 0.1) is 0 Å². The van der Waals surface area contributed by atoms with Crippen LogP contribution in [0.5, 0.6) is 0 Å². The molecule has 1 N–H and O–H groups in total. The molecule has 0 aliphatic heterocycles. The molecule has 2 rings (SSSR count).